The summed E-state index contributed by atoms with van der Waals surface area (Å²) in [7, 11) is 0. The van der Waals surface area contributed by atoms with Gasteiger partial charge in [-0.05, 0) is 5.56 Å². The quantitative estimate of drug-likeness (QED) is 0.793. The van der Waals surface area contributed by atoms with Crippen LogP contribution in [0.4, 0.5) is 9.59 Å². The largest absolute Gasteiger partial charge is 0.378 e. The van der Waals surface area contributed by atoms with E-state index in [4.69, 9.17) is 9.47 Å². The van der Waals surface area contributed by atoms with Crippen LogP contribution in [0.3, 0.4) is 0 Å². The Morgan fingerprint density at radius 2 is 1.46 bits per heavy atom. The van der Waals surface area contributed by atoms with Gasteiger partial charge in [0, 0.05) is 38.6 Å². The zero-order chi connectivity index (χ0) is 19.8. The Morgan fingerprint density at radius 3 is 2.04 bits per heavy atom. The van der Waals surface area contributed by atoms with Gasteiger partial charge < -0.3 is 29.9 Å². The third kappa shape index (κ3) is 5.59. The monoisotopic (exact) mass is 390 g/mol. The van der Waals surface area contributed by atoms with Gasteiger partial charge in [0.25, 0.3) is 0 Å². The van der Waals surface area contributed by atoms with Gasteiger partial charge in [-0.1, -0.05) is 37.3 Å². The van der Waals surface area contributed by atoms with E-state index in [1.807, 2.05) is 30.3 Å². The van der Waals surface area contributed by atoms with Gasteiger partial charge in [-0.2, -0.15) is 0 Å². The summed E-state index contributed by atoms with van der Waals surface area (Å²) in [6.07, 6.45) is 0. The van der Waals surface area contributed by atoms with E-state index in [-0.39, 0.29) is 24.0 Å². The van der Waals surface area contributed by atoms with Gasteiger partial charge in [0.1, 0.15) is 0 Å². The number of benzene rings is 1. The van der Waals surface area contributed by atoms with Crippen LogP contribution in [0.2, 0.25) is 0 Å². The van der Waals surface area contributed by atoms with Crippen molar-refractivity contribution in [2.75, 3.05) is 59.2 Å². The maximum Gasteiger partial charge on any atom is 0.317 e. The van der Waals surface area contributed by atoms with E-state index in [0.717, 1.165) is 5.56 Å². The van der Waals surface area contributed by atoms with Crippen LogP contribution in [0.15, 0.2) is 30.3 Å². The van der Waals surface area contributed by atoms with Crippen molar-refractivity contribution >= 4 is 12.1 Å². The number of hydrogen-bond donors (Lipinski definition) is 2. The Bertz CT molecular complexity index is 630. The van der Waals surface area contributed by atoms with Crippen LogP contribution < -0.4 is 10.6 Å². The Labute approximate surface area is 166 Å². The number of nitrogens with one attached hydrogen (secondary N) is 2. The zero-order valence-electron chi connectivity index (χ0n) is 16.4. The maximum absolute atomic E-state index is 12.7. The molecule has 2 saturated heterocycles. The average molecular weight is 390 g/mol. The lowest BCUT2D eigenvalue weighted by Crippen LogP contribution is -2.55. The molecule has 0 aliphatic carbocycles. The van der Waals surface area contributed by atoms with E-state index in [9.17, 15) is 9.59 Å². The van der Waals surface area contributed by atoms with Crippen molar-refractivity contribution in [2.24, 2.45) is 0 Å². The highest BCUT2D eigenvalue weighted by molar-refractivity contribution is 5.76. The van der Waals surface area contributed by atoms with Crippen molar-refractivity contribution in [3.05, 3.63) is 35.9 Å². The SMILES string of the molecule is C[C@H](c1ccccc1)[C@H](CNC(=O)N1CCOCC1)NC(=O)N1CCOCC1. The first-order valence-electron chi connectivity index (χ1n) is 9.94. The summed E-state index contributed by atoms with van der Waals surface area (Å²) in [5, 5.41) is 6.10. The lowest BCUT2D eigenvalue weighted by molar-refractivity contribution is 0.0513. The number of morpholine rings is 2. The number of hydrogen-bond acceptors (Lipinski definition) is 4. The summed E-state index contributed by atoms with van der Waals surface area (Å²) in [4.78, 5) is 28.7. The molecule has 2 aliphatic rings. The van der Waals surface area contributed by atoms with Crippen molar-refractivity contribution in [1.82, 2.24) is 20.4 Å². The second-order valence-electron chi connectivity index (χ2n) is 7.14. The van der Waals surface area contributed by atoms with Gasteiger partial charge in [-0.3, -0.25) is 0 Å². The minimum atomic E-state index is -0.220. The molecule has 28 heavy (non-hydrogen) atoms. The highest BCUT2D eigenvalue weighted by atomic mass is 16.5. The molecular weight excluding hydrogens is 360 g/mol. The standard InChI is InChI=1S/C20H30N4O4/c1-16(17-5-3-2-4-6-17)18(22-20(26)24-9-13-28-14-10-24)15-21-19(25)23-7-11-27-12-8-23/h2-6,16,18H,7-15H2,1H3,(H,21,25)(H,22,26)/t16-,18+/m1/s1. The molecule has 0 aromatic heterocycles. The molecule has 2 fully saturated rings. The van der Waals surface area contributed by atoms with E-state index in [0.29, 0.717) is 59.2 Å². The predicted octanol–water partition coefficient (Wildman–Crippen LogP) is 1.24. The average Bonchev–Trinajstić information content (AvgIpc) is 2.77. The number of carbonyl (C=O) groups is 2. The lowest BCUT2D eigenvalue weighted by atomic mass is 9.93. The first-order chi connectivity index (χ1) is 13.6. The molecule has 0 bridgehead atoms. The van der Waals surface area contributed by atoms with Crippen molar-refractivity contribution in [1.29, 1.82) is 0 Å². The molecule has 154 valence electrons. The molecule has 2 aliphatic heterocycles. The molecule has 1 aromatic carbocycles. The van der Waals surface area contributed by atoms with Gasteiger partial charge in [0.2, 0.25) is 0 Å². The minimum Gasteiger partial charge on any atom is -0.378 e. The van der Waals surface area contributed by atoms with Crippen LogP contribution in [-0.4, -0.2) is 87.1 Å². The van der Waals surface area contributed by atoms with Crippen molar-refractivity contribution in [3.63, 3.8) is 0 Å². The van der Waals surface area contributed by atoms with E-state index < -0.39 is 0 Å². The maximum atomic E-state index is 12.7. The molecule has 0 unspecified atom stereocenters. The zero-order valence-corrected chi connectivity index (χ0v) is 16.4. The molecule has 0 radical (unpaired) electrons. The molecule has 8 nitrogen and oxygen atoms in total. The number of carbonyl (C=O) groups excluding carboxylic acids is 2. The van der Waals surface area contributed by atoms with E-state index in [1.54, 1.807) is 9.80 Å². The third-order valence-corrected chi connectivity index (χ3v) is 5.31. The Kier molecular flexibility index (Phi) is 7.50. The normalized spacial score (nSPS) is 19.6. The first-order valence-corrected chi connectivity index (χ1v) is 9.94. The molecule has 1 aromatic rings. The highest BCUT2D eigenvalue weighted by Crippen LogP contribution is 2.19. The van der Waals surface area contributed by atoms with Gasteiger partial charge >= 0.3 is 12.1 Å². The number of amides is 4. The van der Waals surface area contributed by atoms with Crippen molar-refractivity contribution < 1.29 is 19.1 Å². The summed E-state index contributed by atoms with van der Waals surface area (Å²) in [6, 6.07) is 9.58. The fraction of sp³-hybridized carbons (Fsp3) is 0.600. The number of rotatable bonds is 5. The smallest absolute Gasteiger partial charge is 0.317 e. The summed E-state index contributed by atoms with van der Waals surface area (Å²) < 4.78 is 10.6. The fourth-order valence-corrected chi connectivity index (χ4v) is 3.43. The van der Waals surface area contributed by atoms with Crippen LogP contribution >= 0.6 is 0 Å². The second-order valence-corrected chi connectivity index (χ2v) is 7.14. The van der Waals surface area contributed by atoms with Crippen LogP contribution in [0.25, 0.3) is 0 Å². The molecule has 3 rings (SSSR count). The Balaban J connectivity index is 1.63. The molecule has 8 heteroatoms. The third-order valence-electron chi connectivity index (χ3n) is 5.31. The van der Waals surface area contributed by atoms with Crippen molar-refractivity contribution in [2.45, 2.75) is 18.9 Å². The topological polar surface area (TPSA) is 83.1 Å². The number of nitrogens with zero attached hydrogens (tertiary/aromatic N) is 2. The van der Waals surface area contributed by atoms with Gasteiger partial charge in [-0.25, -0.2) is 9.59 Å². The number of urea groups is 2. The second kappa shape index (κ2) is 10.3. The minimum absolute atomic E-state index is 0.0520. The van der Waals surface area contributed by atoms with Gasteiger partial charge in [0.05, 0.1) is 32.5 Å². The summed E-state index contributed by atoms with van der Waals surface area (Å²) in [5.41, 5.74) is 1.12. The predicted molar refractivity (Wildman–Crippen MR) is 105 cm³/mol. The Hall–Kier alpha value is -2.32. The molecule has 2 atom stereocenters. The van der Waals surface area contributed by atoms with E-state index >= 15 is 0 Å². The molecule has 2 heterocycles. The first kappa shape index (κ1) is 20.4. The van der Waals surface area contributed by atoms with Crippen molar-refractivity contribution in [3.8, 4) is 0 Å². The highest BCUT2D eigenvalue weighted by Gasteiger charge is 2.26. The van der Waals surface area contributed by atoms with Crippen LogP contribution in [0.5, 0.6) is 0 Å². The summed E-state index contributed by atoms with van der Waals surface area (Å²) in [6.45, 7) is 7.01. The molecule has 0 saturated carbocycles. The molecular formula is C20H30N4O4. The van der Waals surface area contributed by atoms with Crippen LogP contribution in [0.1, 0.15) is 18.4 Å². The van der Waals surface area contributed by atoms with Gasteiger partial charge in [-0.15, -0.1) is 0 Å². The fourth-order valence-electron chi connectivity index (χ4n) is 3.43. The van der Waals surface area contributed by atoms with Gasteiger partial charge in [0.15, 0.2) is 0 Å². The van der Waals surface area contributed by atoms with E-state index in [1.165, 1.54) is 0 Å². The Morgan fingerprint density at radius 1 is 0.929 bits per heavy atom. The lowest BCUT2D eigenvalue weighted by Gasteiger charge is -2.33. The molecule has 4 amide bonds. The number of ether oxygens (including phenoxy) is 2. The summed E-state index contributed by atoms with van der Waals surface area (Å²) in [5.74, 6) is 0.0520. The van der Waals surface area contributed by atoms with Crippen LogP contribution in [-0.2, 0) is 9.47 Å². The molecule has 0 spiro atoms. The molecule has 2 N–H and O–H groups in total. The summed E-state index contributed by atoms with van der Waals surface area (Å²) >= 11 is 0. The van der Waals surface area contributed by atoms with E-state index in [2.05, 4.69) is 17.6 Å². The van der Waals surface area contributed by atoms with Crippen LogP contribution in [0, 0.1) is 0 Å².